The summed E-state index contributed by atoms with van der Waals surface area (Å²) < 4.78 is 0. The first-order valence-electron chi connectivity index (χ1n) is 4.82. The molecule has 0 aliphatic rings. The summed E-state index contributed by atoms with van der Waals surface area (Å²) in [5.41, 5.74) is 0.398. The third kappa shape index (κ3) is 4.23. The summed E-state index contributed by atoms with van der Waals surface area (Å²) in [6, 6.07) is 0. The number of rotatable bonds is 6. The fourth-order valence-corrected chi connectivity index (χ4v) is 1.20. The lowest BCUT2D eigenvalue weighted by Gasteiger charge is -2.23. The zero-order valence-corrected chi connectivity index (χ0v) is 8.32. The van der Waals surface area contributed by atoms with Gasteiger partial charge in [-0.1, -0.05) is 46.1 Å². The Morgan fingerprint density at radius 3 is 2.27 bits per heavy atom. The number of allylic oxidation sites excluding steroid dienone is 1. The molecule has 11 heavy (non-hydrogen) atoms. The van der Waals surface area contributed by atoms with Crippen LogP contribution in [0, 0.1) is 5.41 Å². The normalized spacial score (nSPS) is 15.9. The fraction of sp³-hybridized carbons (Fsp3) is 0.818. The molecule has 0 aliphatic heterocycles. The van der Waals surface area contributed by atoms with Gasteiger partial charge in [-0.15, -0.1) is 6.58 Å². The molecule has 0 saturated heterocycles. The van der Waals surface area contributed by atoms with Crippen molar-refractivity contribution in [2.45, 2.75) is 52.9 Å². The van der Waals surface area contributed by atoms with Crippen molar-refractivity contribution in [2.75, 3.05) is 0 Å². The Kier molecular flexibility index (Phi) is 5.27. The van der Waals surface area contributed by atoms with Crippen molar-refractivity contribution in [1.82, 2.24) is 0 Å². The molecule has 0 nitrogen and oxygen atoms in total. The molecule has 66 valence electrons. The van der Waals surface area contributed by atoms with Gasteiger partial charge in [0.2, 0.25) is 0 Å². The summed E-state index contributed by atoms with van der Waals surface area (Å²) in [5, 5.41) is 0. The maximum absolute atomic E-state index is 3.88. The molecule has 0 fully saturated rings. The number of hydrogen-bond acceptors (Lipinski definition) is 0. The third-order valence-electron chi connectivity index (χ3n) is 2.65. The standard InChI is InChI=1S/C11H22/c1-5-8-9-10-11(4,6-2)7-3/h6H,2,5,7-10H2,1,3-4H3. The molecule has 1 atom stereocenters. The summed E-state index contributed by atoms with van der Waals surface area (Å²) >= 11 is 0. The molecule has 1 unspecified atom stereocenters. The van der Waals surface area contributed by atoms with Crippen molar-refractivity contribution in [1.29, 1.82) is 0 Å². The summed E-state index contributed by atoms with van der Waals surface area (Å²) in [4.78, 5) is 0. The average Bonchev–Trinajstić information content (AvgIpc) is 2.05. The smallest absolute Gasteiger partial charge is 0.0152 e. The minimum Gasteiger partial charge on any atom is -0.103 e. The molecule has 0 saturated carbocycles. The Labute approximate surface area is 71.7 Å². The highest BCUT2D eigenvalue weighted by Gasteiger charge is 2.15. The fourth-order valence-electron chi connectivity index (χ4n) is 1.20. The van der Waals surface area contributed by atoms with Gasteiger partial charge in [-0.05, 0) is 18.3 Å². The van der Waals surface area contributed by atoms with Crippen LogP contribution in [-0.4, -0.2) is 0 Å². The Morgan fingerprint density at radius 1 is 1.27 bits per heavy atom. The van der Waals surface area contributed by atoms with Crippen LogP contribution in [0.2, 0.25) is 0 Å². The highest BCUT2D eigenvalue weighted by atomic mass is 14.2. The van der Waals surface area contributed by atoms with Gasteiger partial charge in [0.15, 0.2) is 0 Å². The lowest BCUT2D eigenvalue weighted by molar-refractivity contribution is 0.360. The van der Waals surface area contributed by atoms with Crippen LogP contribution in [0.25, 0.3) is 0 Å². The van der Waals surface area contributed by atoms with Gasteiger partial charge in [-0.3, -0.25) is 0 Å². The van der Waals surface area contributed by atoms with E-state index in [2.05, 4.69) is 33.4 Å². The van der Waals surface area contributed by atoms with Gasteiger partial charge in [0.25, 0.3) is 0 Å². The number of hydrogen-bond donors (Lipinski definition) is 0. The summed E-state index contributed by atoms with van der Waals surface area (Å²) in [6.07, 6.45) is 8.68. The molecule has 0 heteroatoms. The minimum absolute atomic E-state index is 0.398. The summed E-state index contributed by atoms with van der Waals surface area (Å²) in [6.45, 7) is 10.7. The topological polar surface area (TPSA) is 0 Å². The third-order valence-corrected chi connectivity index (χ3v) is 2.65. The highest BCUT2D eigenvalue weighted by Crippen LogP contribution is 2.29. The summed E-state index contributed by atoms with van der Waals surface area (Å²) in [5.74, 6) is 0. The van der Waals surface area contributed by atoms with Gasteiger partial charge in [-0.2, -0.15) is 0 Å². The molecule has 0 aliphatic carbocycles. The SMILES string of the molecule is C=CC(C)(CC)CCCCC. The molecule has 0 aromatic rings. The van der Waals surface area contributed by atoms with E-state index < -0.39 is 0 Å². The minimum atomic E-state index is 0.398. The molecule has 0 bridgehead atoms. The Bertz CT molecular complexity index is 105. The van der Waals surface area contributed by atoms with Crippen molar-refractivity contribution in [3.8, 4) is 0 Å². The van der Waals surface area contributed by atoms with E-state index in [9.17, 15) is 0 Å². The highest BCUT2D eigenvalue weighted by molar-refractivity contribution is 4.89. The predicted molar refractivity (Wildman–Crippen MR) is 52.7 cm³/mol. The van der Waals surface area contributed by atoms with Crippen LogP contribution in [0.15, 0.2) is 12.7 Å². The second-order valence-corrected chi connectivity index (χ2v) is 3.67. The monoisotopic (exact) mass is 154 g/mol. The van der Waals surface area contributed by atoms with E-state index in [4.69, 9.17) is 0 Å². The molecule has 0 radical (unpaired) electrons. The van der Waals surface area contributed by atoms with Crippen molar-refractivity contribution >= 4 is 0 Å². The van der Waals surface area contributed by atoms with Gasteiger partial charge in [-0.25, -0.2) is 0 Å². The van der Waals surface area contributed by atoms with Crippen LogP contribution in [0.5, 0.6) is 0 Å². The molecule has 0 N–H and O–H groups in total. The van der Waals surface area contributed by atoms with Crippen LogP contribution < -0.4 is 0 Å². The van der Waals surface area contributed by atoms with E-state index >= 15 is 0 Å². The van der Waals surface area contributed by atoms with Gasteiger partial charge in [0.05, 0.1) is 0 Å². The first-order valence-corrected chi connectivity index (χ1v) is 4.82. The molecular formula is C11H22. The van der Waals surface area contributed by atoms with Crippen LogP contribution in [-0.2, 0) is 0 Å². The molecule has 0 spiro atoms. The van der Waals surface area contributed by atoms with E-state index in [1.165, 1.54) is 32.1 Å². The van der Waals surface area contributed by atoms with E-state index in [0.717, 1.165) is 0 Å². The average molecular weight is 154 g/mol. The quantitative estimate of drug-likeness (QED) is 0.398. The van der Waals surface area contributed by atoms with E-state index in [1.54, 1.807) is 0 Å². The van der Waals surface area contributed by atoms with Crippen LogP contribution in [0.1, 0.15) is 52.9 Å². The maximum atomic E-state index is 3.88. The predicted octanol–water partition coefficient (Wildman–Crippen LogP) is 4.17. The second kappa shape index (κ2) is 5.40. The van der Waals surface area contributed by atoms with Crippen LogP contribution in [0.4, 0.5) is 0 Å². The van der Waals surface area contributed by atoms with E-state index in [1.807, 2.05) is 0 Å². The molecule has 0 aromatic heterocycles. The zero-order chi connectivity index (χ0) is 8.74. The van der Waals surface area contributed by atoms with Crippen molar-refractivity contribution < 1.29 is 0 Å². The largest absolute Gasteiger partial charge is 0.103 e. The van der Waals surface area contributed by atoms with E-state index in [-0.39, 0.29) is 0 Å². The second-order valence-electron chi connectivity index (χ2n) is 3.67. The Hall–Kier alpha value is -0.260. The van der Waals surface area contributed by atoms with E-state index in [0.29, 0.717) is 5.41 Å². The lowest BCUT2D eigenvalue weighted by atomic mass is 9.82. The molecule has 0 aromatic carbocycles. The molecular weight excluding hydrogens is 132 g/mol. The Morgan fingerprint density at radius 2 is 1.91 bits per heavy atom. The van der Waals surface area contributed by atoms with Gasteiger partial charge in [0.1, 0.15) is 0 Å². The summed E-state index contributed by atoms with van der Waals surface area (Å²) in [7, 11) is 0. The van der Waals surface area contributed by atoms with Crippen molar-refractivity contribution in [3.63, 3.8) is 0 Å². The van der Waals surface area contributed by atoms with Crippen molar-refractivity contribution in [2.24, 2.45) is 5.41 Å². The van der Waals surface area contributed by atoms with Crippen molar-refractivity contribution in [3.05, 3.63) is 12.7 Å². The maximum Gasteiger partial charge on any atom is -0.0152 e. The molecule has 0 amide bonds. The van der Waals surface area contributed by atoms with Crippen LogP contribution in [0.3, 0.4) is 0 Å². The first-order chi connectivity index (χ1) is 5.18. The zero-order valence-electron chi connectivity index (χ0n) is 8.32. The molecule has 0 heterocycles. The van der Waals surface area contributed by atoms with Gasteiger partial charge in [0, 0.05) is 0 Å². The van der Waals surface area contributed by atoms with Crippen LogP contribution >= 0.6 is 0 Å². The molecule has 0 rings (SSSR count). The number of unbranched alkanes of at least 4 members (excludes halogenated alkanes) is 2. The Balaban J connectivity index is 3.60. The van der Waals surface area contributed by atoms with Gasteiger partial charge < -0.3 is 0 Å². The first kappa shape index (κ1) is 10.7. The lowest BCUT2D eigenvalue weighted by Crippen LogP contribution is -2.10. The van der Waals surface area contributed by atoms with Gasteiger partial charge >= 0.3 is 0 Å².